The van der Waals surface area contributed by atoms with E-state index in [0.29, 0.717) is 25.6 Å². The largest absolute Gasteiger partial charge is 0.357 e. The molecule has 28 heavy (non-hydrogen) atoms. The lowest BCUT2D eigenvalue weighted by Gasteiger charge is -2.27. The van der Waals surface area contributed by atoms with E-state index in [1.165, 1.54) is 18.4 Å². The van der Waals surface area contributed by atoms with Gasteiger partial charge in [-0.05, 0) is 52.3 Å². The highest BCUT2D eigenvalue weighted by Crippen LogP contribution is 2.25. The van der Waals surface area contributed by atoms with E-state index in [4.69, 9.17) is 4.99 Å². The summed E-state index contributed by atoms with van der Waals surface area (Å²) in [6.45, 7) is 12.0. The van der Waals surface area contributed by atoms with Crippen molar-refractivity contribution >= 4 is 11.9 Å². The van der Waals surface area contributed by atoms with Crippen LogP contribution in [0.4, 0.5) is 0 Å². The molecule has 0 spiro atoms. The first-order valence-corrected chi connectivity index (χ1v) is 10.8. The number of guanidine groups is 1. The van der Waals surface area contributed by atoms with Gasteiger partial charge in [0.2, 0.25) is 5.91 Å². The molecule has 0 radical (unpaired) electrons. The number of nitrogens with zero attached hydrogens (tertiary/aromatic N) is 3. The van der Waals surface area contributed by atoms with Crippen LogP contribution in [0.1, 0.15) is 51.6 Å². The van der Waals surface area contributed by atoms with Crippen molar-refractivity contribution in [2.24, 2.45) is 4.99 Å². The maximum atomic E-state index is 12.2. The van der Waals surface area contributed by atoms with Crippen molar-refractivity contribution in [1.82, 2.24) is 20.4 Å². The summed E-state index contributed by atoms with van der Waals surface area (Å²) < 4.78 is 0. The van der Waals surface area contributed by atoms with Gasteiger partial charge in [-0.3, -0.25) is 14.7 Å². The third-order valence-electron chi connectivity index (χ3n) is 5.28. The van der Waals surface area contributed by atoms with Crippen molar-refractivity contribution in [3.8, 4) is 0 Å². The van der Waals surface area contributed by atoms with Gasteiger partial charge in [-0.1, -0.05) is 30.3 Å². The van der Waals surface area contributed by atoms with Crippen molar-refractivity contribution in [3.63, 3.8) is 0 Å². The molecule has 1 aromatic carbocycles. The Morgan fingerprint density at radius 2 is 1.79 bits per heavy atom. The zero-order valence-corrected chi connectivity index (χ0v) is 17.8. The fraction of sp³-hybridized carbons (Fsp3) is 0.636. The minimum Gasteiger partial charge on any atom is -0.357 e. The van der Waals surface area contributed by atoms with Crippen molar-refractivity contribution in [1.29, 1.82) is 0 Å². The number of amides is 1. The van der Waals surface area contributed by atoms with Gasteiger partial charge < -0.3 is 15.5 Å². The van der Waals surface area contributed by atoms with Gasteiger partial charge in [0.25, 0.3) is 0 Å². The quantitative estimate of drug-likeness (QED) is 0.479. The smallest absolute Gasteiger partial charge is 0.224 e. The summed E-state index contributed by atoms with van der Waals surface area (Å²) in [4.78, 5) is 21.4. The van der Waals surface area contributed by atoms with Crippen LogP contribution in [0, 0.1) is 0 Å². The number of rotatable bonds is 10. The van der Waals surface area contributed by atoms with Gasteiger partial charge in [0.1, 0.15) is 0 Å². The Hall–Kier alpha value is -2.08. The summed E-state index contributed by atoms with van der Waals surface area (Å²) in [6, 6.07) is 11.0. The van der Waals surface area contributed by atoms with Crippen LogP contribution in [0.5, 0.6) is 0 Å². The van der Waals surface area contributed by atoms with E-state index in [-0.39, 0.29) is 5.91 Å². The Bertz CT molecular complexity index is 594. The summed E-state index contributed by atoms with van der Waals surface area (Å²) in [5.74, 6) is 0.975. The number of carbonyl (C=O) groups excluding carboxylic acids is 1. The molecule has 1 saturated heterocycles. The maximum Gasteiger partial charge on any atom is 0.224 e. The van der Waals surface area contributed by atoms with E-state index in [2.05, 4.69) is 52.8 Å². The molecule has 1 atom stereocenters. The lowest BCUT2D eigenvalue weighted by atomic mass is 10.1. The third kappa shape index (κ3) is 6.82. The molecule has 0 aliphatic carbocycles. The third-order valence-corrected chi connectivity index (χ3v) is 5.28. The van der Waals surface area contributed by atoms with E-state index in [0.717, 1.165) is 38.7 Å². The first-order chi connectivity index (χ1) is 13.7. The van der Waals surface area contributed by atoms with Gasteiger partial charge in [-0.15, -0.1) is 0 Å². The first kappa shape index (κ1) is 22.2. The zero-order chi connectivity index (χ0) is 20.2. The van der Waals surface area contributed by atoms with Crippen LogP contribution < -0.4 is 10.6 Å². The fourth-order valence-electron chi connectivity index (χ4n) is 3.70. The Morgan fingerprint density at radius 3 is 2.39 bits per heavy atom. The van der Waals surface area contributed by atoms with E-state index in [1.807, 2.05) is 18.7 Å². The minimum atomic E-state index is 0.188. The van der Waals surface area contributed by atoms with Crippen LogP contribution in [0.2, 0.25) is 0 Å². The number of likely N-dealkylation sites (tertiary alicyclic amines) is 1. The zero-order valence-electron chi connectivity index (χ0n) is 17.8. The second-order valence-corrected chi connectivity index (χ2v) is 7.13. The highest BCUT2D eigenvalue weighted by molar-refractivity contribution is 5.81. The van der Waals surface area contributed by atoms with Crippen LogP contribution in [0.25, 0.3) is 0 Å². The summed E-state index contributed by atoms with van der Waals surface area (Å²) in [6.07, 6.45) is 3.01. The summed E-state index contributed by atoms with van der Waals surface area (Å²) in [5.41, 5.74) is 1.32. The van der Waals surface area contributed by atoms with E-state index >= 15 is 0 Å². The van der Waals surface area contributed by atoms with Crippen LogP contribution in [-0.2, 0) is 4.79 Å². The van der Waals surface area contributed by atoms with Gasteiger partial charge in [0.05, 0.1) is 12.6 Å². The SMILES string of the molecule is CCNC(=NCC(c1ccccc1)N1CCCC1)NCCC(=O)N(CC)CC. The molecule has 2 N–H and O–H groups in total. The monoisotopic (exact) mass is 387 g/mol. The number of nitrogens with one attached hydrogen (secondary N) is 2. The Kier molecular flexibility index (Phi) is 9.83. The average Bonchev–Trinajstić information content (AvgIpc) is 3.24. The second kappa shape index (κ2) is 12.4. The fourth-order valence-corrected chi connectivity index (χ4v) is 3.70. The molecule has 1 aliphatic heterocycles. The lowest BCUT2D eigenvalue weighted by molar-refractivity contribution is -0.130. The van der Waals surface area contributed by atoms with Crippen LogP contribution in [-0.4, -0.2) is 67.5 Å². The lowest BCUT2D eigenvalue weighted by Crippen LogP contribution is -2.40. The number of aliphatic imine (C=N–C) groups is 1. The molecule has 1 aromatic rings. The highest BCUT2D eigenvalue weighted by Gasteiger charge is 2.23. The highest BCUT2D eigenvalue weighted by atomic mass is 16.2. The molecule has 2 rings (SSSR count). The van der Waals surface area contributed by atoms with Crippen LogP contribution in [0.3, 0.4) is 0 Å². The van der Waals surface area contributed by atoms with Gasteiger partial charge in [0.15, 0.2) is 5.96 Å². The Labute approximate surface area is 170 Å². The van der Waals surface area contributed by atoms with Crippen LogP contribution >= 0.6 is 0 Å². The van der Waals surface area contributed by atoms with E-state index < -0.39 is 0 Å². The van der Waals surface area contributed by atoms with E-state index in [1.54, 1.807) is 0 Å². The van der Waals surface area contributed by atoms with Crippen molar-refractivity contribution in [2.45, 2.75) is 46.1 Å². The molecule has 1 unspecified atom stereocenters. The number of benzene rings is 1. The first-order valence-electron chi connectivity index (χ1n) is 10.8. The molecular formula is C22H37N5O. The molecule has 1 fully saturated rings. The van der Waals surface area contributed by atoms with E-state index in [9.17, 15) is 4.79 Å². The Morgan fingerprint density at radius 1 is 1.11 bits per heavy atom. The molecule has 1 amide bonds. The standard InChI is InChI=1S/C22H37N5O/c1-4-23-22(24-15-14-21(28)26(5-2)6-3)25-18-20(27-16-10-11-17-27)19-12-8-7-9-13-19/h7-9,12-13,20H,4-6,10-11,14-18H2,1-3H3,(H2,23,24,25). The average molecular weight is 388 g/mol. The molecule has 0 bridgehead atoms. The number of carbonyl (C=O) groups is 1. The summed E-state index contributed by atoms with van der Waals surface area (Å²) >= 11 is 0. The second-order valence-electron chi connectivity index (χ2n) is 7.13. The summed E-state index contributed by atoms with van der Waals surface area (Å²) in [7, 11) is 0. The van der Waals surface area contributed by atoms with Gasteiger partial charge in [-0.2, -0.15) is 0 Å². The van der Waals surface area contributed by atoms with Crippen molar-refractivity contribution < 1.29 is 4.79 Å². The molecule has 0 saturated carbocycles. The van der Waals surface area contributed by atoms with Gasteiger partial charge in [-0.25, -0.2) is 0 Å². The Balaban J connectivity index is 1.97. The molecule has 6 heteroatoms. The molecule has 156 valence electrons. The molecule has 1 aliphatic rings. The molecular weight excluding hydrogens is 350 g/mol. The van der Waals surface area contributed by atoms with Crippen molar-refractivity contribution in [3.05, 3.63) is 35.9 Å². The summed E-state index contributed by atoms with van der Waals surface area (Å²) in [5, 5.41) is 6.63. The van der Waals surface area contributed by atoms with Gasteiger partial charge in [0, 0.05) is 32.6 Å². The molecule has 1 heterocycles. The predicted octanol–water partition coefficient (Wildman–Crippen LogP) is 2.64. The number of hydrogen-bond donors (Lipinski definition) is 2. The normalized spacial score (nSPS) is 16.0. The topological polar surface area (TPSA) is 60.0 Å². The maximum absolute atomic E-state index is 12.2. The molecule has 0 aromatic heterocycles. The van der Waals surface area contributed by atoms with Crippen LogP contribution in [0.15, 0.2) is 35.3 Å². The number of hydrogen-bond acceptors (Lipinski definition) is 3. The predicted molar refractivity (Wildman–Crippen MR) is 117 cm³/mol. The van der Waals surface area contributed by atoms with Gasteiger partial charge >= 0.3 is 0 Å². The minimum absolute atomic E-state index is 0.188. The molecule has 6 nitrogen and oxygen atoms in total. The van der Waals surface area contributed by atoms with Crippen molar-refractivity contribution in [2.75, 3.05) is 45.8 Å².